The third-order valence-electron chi connectivity index (χ3n) is 4.14. The van der Waals surface area contributed by atoms with E-state index < -0.39 is 15.6 Å². The molecule has 0 spiro atoms. The second kappa shape index (κ2) is 6.07. The van der Waals surface area contributed by atoms with Crippen molar-refractivity contribution in [3.63, 3.8) is 0 Å². The van der Waals surface area contributed by atoms with E-state index in [1.165, 1.54) is 38.5 Å². The van der Waals surface area contributed by atoms with Crippen LogP contribution in [0.2, 0.25) is 0 Å². The third kappa shape index (κ3) is 3.09. The highest BCUT2D eigenvalue weighted by Gasteiger charge is 2.47. The van der Waals surface area contributed by atoms with Crippen molar-refractivity contribution in [2.45, 2.75) is 23.3 Å². The molecular formula is C17H18FNO4S. The van der Waals surface area contributed by atoms with Gasteiger partial charge in [0.2, 0.25) is 10.0 Å². The molecule has 1 N–H and O–H groups in total. The van der Waals surface area contributed by atoms with Crippen LogP contribution in [0.15, 0.2) is 47.4 Å². The zero-order valence-electron chi connectivity index (χ0n) is 13.4. The predicted molar refractivity (Wildman–Crippen MR) is 87.2 cm³/mol. The summed E-state index contributed by atoms with van der Waals surface area (Å²) in [5.41, 5.74) is 0.0904. The molecule has 2 aromatic carbocycles. The standard InChI is InChI=1S/C17H18FNO4S/c1-22-15-8-7-14(11-16(15)23-2)24(20,21)19-17(9-10-17)12-3-5-13(18)6-4-12/h3-8,11,19H,9-10H2,1-2H3. The molecule has 0 atom stereocenters. The number of sulfonamides is 1. The summed E-state index contributed by atoms with van der Waals surface area (Å²) in [6.45, 7) is 0. The lowest BCUT2D eigenvalue weighted by atomic mass is 10.1. The Labute approximate surface area is 140 Å². The fourth-order valence-corrected chi connectivity index (χ4v) is 4.11. The highest BCUT2D eigenvalue weighted by Crippen LogP contribution is 2.46. The van der Waals surface area contributed by atoms with Crippen molar-refractivity contribution in [1.29, 1.82) is 0 Å². The van der Waals surface area contributed by atoms with Crippen LogP contribution in [0.25, 0.3) is 0 Å². The Bertz CT molecular complexity index is 845. The van der Waals surface area contributed by atoms with E-state index in [0.29, 0.717) is 24.3 Å². The number of benzene rings is 2. The van der Waals surface area contributed by atoms with Gasteiger partial charge < -0.3 is 9.47 Å². The zero-order chi connectivity index (χ0) is 17.4. The molecule has 1 aliphatic rings. The highest BCUT2D eigenvalue weighted by molar-refractivity contribution is 7.89. The maximum absolute atomic E-state index is 13.1. The lowest BCUT2D eigenvalue weighted by Gasteiger charge is -2.18. The summed E-state index contributed by atoms with van der Waals surface area (Å²) in [5, 5.41) is 0. The van der Waals surface area contributed by atoms with Gasteiger partial charge in [0.25, 0.3) is 0 Å². The molecule has 7 heteroatoms. The van der Waals surface area contributed by atoms with Gasteiger partial charge in [0, 0.05) is 6.07 Å². The molecule has 2 aromatic rings. The van der Waals surface area contributed by atoms with Crippen molar-refractivity contribution in [3.05, 3.63) is 53.8 Å². The Kier molecular flexibility index (Phi) is 4.23. The topological polar surface area (TPSA) is 64.6 Å². The molecule has 1 saturated carbocycles. The number of nitrogens with one attached hydrogen (secondary N) is 1. The van der Waals surface area contributed by atoms with Gasteiger partial charge in [-0.05, 0) is 42.7 Å². The zero-order valence-corrected chi connectivity index (χ0v) is 14.2. The lowest BCUT2D eigenvalue weighted by molar-refractivity contribution is 0.354. The molecule has 1 aliphatic carbocycles. The van der Waals surface area contributed by atoms with Gasteiger partial charge in [0.15, 0.2) is 11.5 Å². The number of hydrogen-bond acceptors (Lipinski definition) is 4. The van der Waals surface area contributed by atoms with Crippen molar-refractivity contribution in [2.75, 3.05) is 14.2 Å². The van der Waals surface area contributed by atoms with Crippen LogP contribution in [0.5, 0.6) is 11.5 Å². The molecular weight excluding hydrogens is 333 g/mol. The molecule has 0 saturated heterocycles. The van der Waals surface area contributed by atoms with Gasteiger partial charge >= 0.3 is 0 Å². The lowest BCUT2D eigenvalue weighted by Crippen LogP contribution is -2.34. The summed E-state index contributed by atoms with van der Waals surface area (Å²) >= 11 is 0. The van der Waals surface area contributed by atoms with E-state index in [2.05, 4.69) is 4.72 Å². The highest BCUT2D eigenvalue weighted by atomic mass is 32.2. The van der Waals surface area contributed by atoms with E-state index in [-0.39, 0.29) is 10.7 Å². The van der Waals surface area contributed by atoms with E-state index in [1.54, 1.807) is 18.2 Å². The molecule has 3 rings (SSSR count). The van der Waals surface area contributed by atoms with Crippen molar-refractivity contribution < 1.29 is 22.3 Å². The Morgan fingerprint density at radius 2 is 1.62 bits per heavy atom. The molecule has 128 valence electrons. The molecule has 0 aliphatic heterocycles. The van der Waals surface area contributed by atoms with Crippen LogP contribution in [-0.2, 0) is 15.6 Å². The Hall–Kier alpha value is -2.12. The number of hydrogen-bond donors (Lipinski definition) is 1. The number of ether oxygens (including phenoxy) is 2. The van der Waals surface area contributed by atoms with E-state index in [9.17, 15) is 12.8 Å². The van der Waals surface area contributed by atoms with Gasteiger partial charge in [-0.2, -0.15) is 0 Å². The van der Waals surface area contributed by atoms with Crippen LogP contribution < -0.4 is 14.2 Å². The number of halogens is 1. The summed E-state index contributed by atoms with van der Waals surface area (Å²) < 4.78 is 51.5. The van der Waals surface area contributed by atoms with E-state index >= 15 is 0 Å². The Balaban J connectivity index is 1.90. The van der Waals surface area contributed by atoms with Crippen LogP contribution in [0.3, 0.4) is 0 Å². The largest absolute Gasteiger partial charge is 0.493 e. The predicted octanol–water partition coefficient (Wildman–Crippen LogP) is 2.81. The Morgan fingerprint density at radius 1 is 1.00 bits per heavy atom. The molecule has 0 radical (unpaired) electrons. The minimum atomic E-state index is -3.75. The molecule has 0 unspecified atom stereocenters. The molecule has 0 bridgehead atoms. The van der Waals surface area contributed by atoms with Crippen LogP contribution in [0, 0.1) is 5.82 Å². The van der Waals surface area contributed by atoms with Crippen molar-refractivity contribution in [3.8, 4) is 11.5 Å². The minimum absolute atomic E-state index is 0.0912. The van der Waals surface area contributed by atoms with Gasteiger partial charge in [-0.3, -0.25) is 0 Å². The smallest absolute Gasteiger partial charge is 0.241 e. The van der Waals surface area contributed by atoms with Crippen molar-refractivity contribution in [2.24, 2.45) is 0 Å². The van der Waals surface area contributed by atoms with Crippen LogP contribution in [0.1, 0.15) is 18.4 Å². The second-order valence-electron chi connectivity index (χ2n) is 5.71. The first-order valence-corrected chi connectivity index (χ1v) is 8.90. The monoisotopic (exact) mass is 351 g/mol. The SMILES string of the molecule is COc1ccc(S(=O)(=O)NC2(c3ccc(F)cc3)CC2)cc1OC. The van der Waals surface area contributed by atoms with E-state index in [0.717, 1.165) is 5.56 Å². The minimum Gasteiger partial charge on any atom is -0.493 e. The van der Waals surface area contributed by atoms with Gasteiger partial charge in [-0.15, -0.1) is 0 Å². The van der Waals surface area contributed by atoms with Crippen LogP contribution in [0.4, 0.5) is 4.39 Å². The summed E-state index contributed by atoms with van der Waals surface area (Å²) in [4.78, 5) is 0.0912. The average Bonchev–Trinajstić information content (AvgIpc) is 3.34. The maximum atomic E-state index is 13.1. The van der Waals surface area contributed by atoms with Gasteiger partial charge in [0.05, 0.1) is 24.7 Å². The average molecular weight is 351 g/mol. The summed E-state index contributed by atoms with van der Waals surface area (Å²) in [6.07, 6.45) is 1.34. The normalized spacial score (nSPS) is 15.8. The molecule has 1 fully saturated rings. The van der Waals surface area contributed by atoms with Crippen LogP contribution in [-0.4, -0.2) is 22.6 Å². The number of methoxy groups -OCH3 is 2. The molecule has 0 aromatic heterocycles. The van der Waals surface area contributed by atoms with Crippen molar-refractivity contribution >= 4 is 10.0 Å². The molecule has 24 heavy (non-hydrogen) atoms. The first-order chi connectivity index (χ1) is 11.4. The molecule has 5 nitrogen and oxygen atoms in total. The number of rotatable bonds is 6. The quantitative estimate of drug-likeness (QED) is 0.869. The van der Waals surface area contributed by atoms with Crippen molar-refractivity contribution in [1.82, 2.24) is 4.72 Å². The summed E-state index contributed by atoms with van der Waals surface area (Å²) in [7, 11) is -0.819. The first kappa shape index (κ1) is 16.7. The van der Waals surface area contributed by atoms with Gasteiger partial charge in [0.1, 0.15) is 5.82 Å². The fourth-order valence-electron chi connectivity index (χ4n) is 2.64. The molecule has 0 amide bonds. The summed E-state index contributed by atoms with van der Waals surface area (Å²) in [5.74, 6) is 0.445. The summed E-state index contributed by atoms with van der Waals surface area (Å²) in [6, 6.07) is 10.3. The van der Waals surface area contributed by atoms with Gasteiger partial charge in [-0.1, -0.05) is 12.1 Å². The maximum Gasteiger partial charge on any atom is 0.241 e. The first-order valence-electron chi connectivity index (χ1n) is 7.42. The second-order valence-corrected chi connectivity index (χ2v) is 7.39. The molecule has 0 heterocycles. The van der Waals surface area contributed by atoms with Gasteiger partial charge in [-0.25, -0.2) is 17.5 Å². The third-order valence-corrected chi connectivity index (χ3v) is 5.68. The van der Waals surface area contributed by atoms with E-state index in [1.807, 2.05) is 0 Å². The Morgan fingerprint density at radius 3 is 2.17 bits per heavy atom. The fraction of sp³-hybridized carbons (Fsp3) is 0.294. The van der Waals surface area contributed by atoms with Crippen LogP contribution >= 0.6 is 0 Å². The van der Waals surface area contributed by atoms with E-state index in [4.69, 9.17) is 9.47 Å².